The van der Waals surface area contributed by atoms with E-state index in [4.69, 9.17) is 36.0 Å². The van der Waals surface area contributed by atoms with Gasteiger partial charge in [-0.05, 0) is 35.0 Å². The molecular formula is C20H28BrClN2O6. The average molecular weight is 508 g/mol. The molecule has 30 heavy (non-hydrogen) atoms. The van der Waals surface area contributed by atoms with E-state index in [0.29, 0.717) is 65.8 Å². The van der Waals surface area contributed by atoms with Crippen LogP contribution in [-0.4, -0.2) is 79.9 Å². The fraction of sp³-hybridized carbons (Fsp3) is 0.650. The van der Waals surface area contributed by atoms with E-state index in [-0.39, 0.29) is 17.9 Å². The minimum Gasteiger partial charge on any atom is -0.489 e. The number of ether oxygens (including phenoxy) is 3. The number of hydrogen-bond donors (Lipinski definition) is 3. The lowest BCUT2D eigenvalue weighted by molar-refractivity contribution is -0.0601. The van der Waals surface area contributed by atoms with Gasteiger partial charge in [-0.2, -0.15) is 0 Å². The van der Waals surface area contributed by atoms with Gasteiger partial charge in [0.1, 0.15) is 0 Å². The zero-order chi connectivity index (χ0) is 21.7. The van der Waals surface area contributed by atoms with Crippen molar-refractivity contribution in [2.45, 2.75) is 31.7 Å². The molecule has 2 aliphatic rings. The van der Waals surface area contributed by atoms with E-state index in [1.54, 1.807) is 13.2 Å². The van der Waals surface area contributed by atoms with Crippen LogP contribution in [0.2, 0.25) is 5.02 Å². The highest BCUT2D eigenvalue weighted by Crippen LogP contribution is 2.44. The molecule has 2 heterocycles. The van der Waals surface area contributed by atoms with Gasteiger partial charge in [-0.15, -0.1) is 0 Å². The first kappa shape index (κ1) is 23.6. The summed E-state index contributed by atoms with van der Waals surface area (Å²) in [4.78, 5) is 15.1. The number of aliphatic hydroxyl groups is 2. The number of likely N-dealkylation sites (tertiary alicyclic amines) is 1. The van der Waals surface area contributed by atoms with Crippen molar-refractivity contribution in [2.75, 3.05) is 46.5 Å². The fourth-order valence-electron chi connectivity index (χ4n) is 3.78. The Morgan fingerprint density at radius 3 is 2.83 bits per heavy atom. The Bertz CT molecular complexity index is 750. The Kier molecular flexibility index (Phi) is 8.62. The van der Waals surface area contributed by atoms with E-state index < -0.39 is 6.29 Å². The maximum atomic E-state index is 12.9. The molecule has 0 aromatic heterocycles. The molecule has 1 amide bonds. The third-order valence-electron chi connectivity index (χ3n) is 5.47. The first-order valence-electron chi connectivity index (χ1n) is 10.1. The molecule has 0 saturated carbocycles. The van der Waals surface area contributed by atoms with Crippen molar-refractivity contribution in [2.24, 2.45) is 5.92 Å². The first-order valence-corrected chi connectivity index (χ1v) is 11.2. The maximum absolute atomic E-state index is 12.9. The lowest BCUT2D eigenvalue weighted by Crippen LogP contribution is -2.49. The summed E-state index contributed by atoms with van der Waals surface area (Å²) in [5.41, 5.74) is 0.350. The maximum Gasteiger partial charge on any atom is 0.255 e. The summed E-state index contributed by atoms with van der Waals surface area (Å²) in [6, 6.07) is 1.59. The molecule has 1 saturated heterocycles. The minimum absolute atomic E-state index is 0.0555. The third kappa shape index (κ3) is 5.77. The number of methoxy groups -OCH3 is 1. The SMILES string of the molecule is COC1CN(CCC(O)O)CC[C@H]1CNC(=O)c1cc(Cl)c(Br)c2c1OCCCO2. The van der Waals surface area contributed by atoms with Gasteiger partial charge in [0, 0.05) is 45.5 Å². The predicted molar refractivity (Wildman–Crippen MR) is 115 cm³/mol. The van der Waals surface area contributed by atoms with Crippen LogP contribution in [0.1, 0.15) is 29.6 Å². The highest BCUT2D eigenvalue weighted by Gasteiger charge is 2.31. The van der Waals surface area contributed by atoms with Crippen molar-refractivity contribution in [1.29, 1.82) is 0 Å². The Morgan fingerprint density at radius 1 is 1.40 bits per heavy atom. The second-order valence-electron chi connectivity index (χ2n) is 7.53. The van der Waals surface area contributed by atoms with Crippen LogP contribution in [0, 0.1) is 5.92 Å². The van der Waals surface area contributed by atoms with Crippen molar-refractivity contribution >= 4 is 33.4 Å². The molecule has 10 heteroatoms. The molecule has 1 fully saturated rings. The molecule has 0 radical (unpaired) electrons. The van der Waals surface area contributed by atoms with Gasteiger partial charge in [-0.1, -0.05) is 11.6 Å². The fourth-order valence-corrected chi connectivity index (χ4v) is 4.39. The van der Waals surface area contributed by atoms with Gasteiger partial charge in [0.15, 0.2) is 17.8 Å². The topological polar surface area (TPSA) is 100 Å². The molecule has 0 spiro atoms. The molecule has 1 aromatic carbocycles. The number of benzene rings is 1. The summed E-state index contributed by atoms with van der Waals surface area (Å²) in [6.45, 7) is 3.50. The van der Waals surface area contributed by atoms with E-state index in [0.717, 1.165) is 19.4 Å². The van der Waals surface area contributed by atoms with Crippen molar-refractivity contribution < 1.29 is 29.2 Å². The number of carbonyl (C=O) groups excluding carboxylic acids is 1. The second-order valence-corrected chi connectivity index (χ2v) is 8.73. The van der Waals surface area contributed by atoms with Crippen molar-refractivity contribution in [3.05, 3.63) is 21.1 Å². The molecule has 0 bridgehead atoms. The highest BCUT2D eigenvalue weighted by atomic mass is 79.9. The summed E-state index contributed by atoms with van der Waals surface area (Å²) in [5.74, 6) is 0.740. The molecular weight excluding hydrogens is 480 g/mol. The molecule has 1 unspecified atom stereocenters. The zero-order valence-corrected chi connectivity index (χ0v) is 19.2. The Labute approximate surface area is 189 Å². The van der Waals surface area contributed by atoms with Gasteiger partial charge in [0.05, 0.1) is 34.4 Å². The van der Waals surface area contributed by atoms with Crippen molar-refractivity contribution in [3.8, 4) is 11.5 Å². The van der Waals surface area contributed by atoms with Crippen LogP contribution in [0.4, 0.5) is 0 Å². The number of fused-ring (bicyclic) bond motifs is 1. The monoisotopic (exact) mass is 506 g/mol. The van der Waals surface area contributed by atoms with Gasteiger partial charge in [0.25, 0.3) is 5.91 Å². The lowest BCUT2D eigenvalue weighted by Gasteiger charge is -2.38. The summed E-state index contributed by atoms with van der Waals surface area (Å²) < 4.78 is 17.7. The van der Waals surface area contributed by atoms with Crippen LogP contribution < -0.4 is 14.8 Å². The minimum atomic E-state index is -1.30. The zero-order valence-electron chi connectivity index (χ0n) is 16.9. The summed E-state index contributed by atoms with van der Waals surface area (Å²) in [7, 11) is 1.66. The van der Waals surface area contributed by atoms with E-state index in [9.17, 15) is 4.79 Å². The molecule has 1 aromatic rings. The average Bonchev–Trinajstić information content (AvgIpc) is 2.99. The molecule has 3 N–H and O–H groups in total. The standard InChI is InChI=1S/C20H28BrClN2O6/c1-28-15-11-24(6-4-16(25)26)5-3-12(15)10-23-20(27)13-9-14(22)17(21)19-18(13)29-7-2-8-30-19/h9,12,15-16,25-26H,2-8,10-11H2,1H3,(H,23,27)/t12-,15?/m0/s1. The largest absolute Gasteiger partial charge is 0.489 e. The number of rotatable bonds is 7. The summed E-state index contributed by atoms with van der Waals surface area (Å²) >= 11 is 9.70. The highest BCUT2D eigenvalue weighted by molar-refractivity contribution is 9.10. The van der Waals surface area contributed by atoms with Crippen LogP contribution in [0.5, 0.6) is 11.5 Å². The van der Waals surface area contributed by atoms with E-state index in [1.807, 2.05) is 0 Å². The molecule has 168 valence electrons. The van der Waals surface area contributed by atoms with Gasteiger partial charge in [-0.3, -0.25) is 4.79 Å². The second kappa shape index (κ2) is 11.0. The number of nitrogens with one attached hydrogen (secondary N) is 1. The Balaban J connectivity index is 1.64. The van der Waals surface area contributed by atoms with Crippen LogP contribution >= 0.6 is 27.5 Å². The Hall–Kier alpha value is -1.10. The third-order valence-corrected chi connectivity index (χ3v) is 6.78. The van der Waals surface area contributed by atoms with Crippen molar-refractivity contribution in [1.82, 2.24) is 10.2 Å². The van der Waals surface area contributed by atoms with Gasteiger partial charge in [-0.25, -0.2) is 0 Å². The normalized spacial score (nSPS) is 22.1. The lowest BCUT2D eigenvalue weighted by atomic mass is 9.93. The number of halogens is 2. The van der Waals surface area contributed by atoms with E-state index in [2.05, 4.69) is 26.1 Å². The molecule has 0 aliphatic carbocycles. The Morgan fingerprint density at radius 2 is 2.13 bits per heavy atom. The number of carbonyl (C=O) groups is 1. The number of aliphatic hydroxyl groups excluding tert-OH is 1. The smallest absolute Gasteiger partial charge is 0.255 e. The van der Waals surface area contributed by atoms with E-state index in [1.165, 1.54) is 0 Å². The van der Waals surface area contributed by atoms with Crippen LogP contribution in [-0.2, 0) is 4.74 Å². The van der Waals surface area contributed by atoms with Crippen LogP contribution in [0.15, 0.2) is 10.5 Å². The first-order chi connectivity index (χ1) is 14.4. The number of amides is 1. The number of nitrogens with zero attached hydrogens (tertiary/aromatic N) is 1. The quantitative estimate of drug-likeness (QED) is 0.486. The van der Waals surface area contributed by atoms with Gasteiger partial charge < -0.3 is 34.6 Å². The predicted octanol–water partition coefficient (Wildman–Crippen LogP) is 2.03. The molecule has 2 aliphatic heterocycles. The van der Waals surface area contributed by atoms with Gasteiger partial charge in [0.2, 0.25) is 0 Å². The molecule has 8 nitrogen and oxygen atoms in total. The van der Waals surface area contributed by atoms with Crippen LogP contribution in [0.3, 0.4) is 0 Å². The van der Waals surface area contributed by atoms with Crippen LogP contribution in [0.25, 0.3) is 0 Å². The molecule has 3 rings (SSSR count). The summed E-state index contributed by atoms with van der Waals surface area (Å²) in [6.07, 6.45) is 0.498. The van der Waals surface area contributed by atoms with E-state index >= 15 is 0 Å². The summed E-state index contributed by atoms with van der Waals surface area (Å²) in [5, 5.41) is 21.5. The van der Waals surface area contributed by atoms with Crippen molar-refractivity contribution in [3.63, 3.8) is 0 Å². The molecule has 2 atom stereocenters. The van der Waals surface area contributed by atoms with Gasteiger partial charge >= 0.3 is 0 Å². The number of piperidine rings is 1. The number of hydrogen-bond acceptors (Lipinski definition) is 7.